The van der Waals surface area contributed by atoms with Crippen molar-refractivity contribution in [3.8, 4) is 0 Å². The highest BCUT2D eigenvalue weighted by Crippen LogP contribution is 2.30. The Morgan fingerprint density at radius 2 is 1.73 bits per heavy atom. The molecular formula is C15H27N3O6S2. The SMILES string of the molecule is CC(C)(C)CSSC[C@H](NC(=O)CC[C@H](N)C(=O)O)C(=O)NCC(=O)O. The van der Waals surface area contributed by atoms with Gasteiger partial charge in [0.2, 0.25) is 11.8 Å². The van der Waals surface area contributed by atoms with Crippen molar-refractivity contribution in [2.75, 3.05) is 18.1 Å². The predicted molar refractivity (Wildman–Crippen MR) is 102 cm³/mol. The summed E-state index contributed by atoms with van der Waals surface area (Å²) in [4.78, 5) is 45.3. The van der Waals surface area contributed by atoms with Gasteiger partial charge in [0.05, 0.1) is 0 Å². The second-order valence-corrected chi connectivity index (χ2v) is 9.33. The smallest absolute Gasteiger partial charge is 0.322 e. The lowest BCUT2D eigenvalue weighted by Crippen LogP contribution is -2.49. The zero-order valence-corrected chi connectivity index (χ0v) is 16.7. The lowest BCUT2D eigenvalue weighted by atomic mass is 10.0. The van der Waals surface area contributed by atoms with Gasteiger partial charge in [0.1, 0.15) is 18.6 Å². The topological polar surface area (TPSA) is 159 Å². The Morgan fingerprint density at radius 1 is 1.12 bits per heavy atom. The number of nitrogens with one attached hydrogen (secondary N) is 2. The molecule has 2 atom stereocenters. The van der Waals surface area contributed by atoms with Crippen LogP contribution in [0.3, 0.4) is 0 Å². The summed E-state index contributed by atoms with van der Waals surface area (Å²) in [5.74, 6) is -2.43. The first-order chi connectivity index (χ1) is 11.9. The molecule has 0 saturated carbocycles. The third-order valence-corrected chi connectivity index (χ3v) is 5.76. The maximum Gasteiger partial charge on any atom is 0.322 e. The van der Waals surface area contributed by atoms with Gasteiger partial charge in [0, 0.05) is 17.9 Å². The molecule has 0 spiro atoms. The summed E-state index contributed by atoms with van der Waals surface area (Å²) in [5, 5.41) is 22.1. The summed E-state index contributed by atoms with van der Waals surface area (Å²) in [6.45, 7) is 5.68. The van der Waals surface area contributed by atoms with Crippen molar-refractivity contribution < 1.29 is 29.4 Å². The maximum atomic E-state index is 12.1. The van der Waals surface area contributed by atoms with Crippen molar-refractivity contribution in [3.05, 3.63) is 0 Å². The molecule has 11 heteroatoms. The molecule has 2 amide bonds. The molecular weight excluding hydrogens is 382 g/mol. The number of carboxylic acids is 2. The molecule has 26 heavy (non-hydrogen) atoms. The van der Waals surface area contributed by atoms with Crippen LogP contribution in [0.1, 0.15) is 33.6 Å². The van der Waals surface area contributed by atoms with Gasteiger partial charge in [-0.3, -0.25) is 19.2 Å². The van der Waals surface area contributed by atoms with Crippen LogP contribution < -0.4 is 16.4 Å². The van der Waals surface area contributed by atoms with Crippen molar-refractivity contribution >= 4 is 45.3 Å². The zero-order chi connectivity index (χ0) is 20.3. The quantitative estimate of drug-likeness (QED) is 0.225. The third kappa shape index (κ3) is 12.8. The fourth-order valence-corrected chi connectivity index (χ4v) is 4.39. The lowest BCUT2D eigenvalue weighted by molar-refractivity contribution is -0.139. The van der Waals surface area contributed by atoms with Gasteiger partial charge in [-0.1, -0.05) is 42.4 Å². The normalized spacial score (nSPS) is 13.5. The number of carboxylic acid groups (broad SMARTS) is 2. The summed E-state index contributed by atoms with van der Waals surface area (Å²) in [5.41, 5.74) is 5.45. The fourth-order valence-electron chi connectivity index (χ4n) is 1.48. The van der Waals surface area contributed by atoms with Gasteiger partial charge in [-0.05, 0) is 11.8 Å². The van der Waals surface area contributed by atoms with E-state index in [1.165, 1.54) is 10.8 Å². The van der Waals surface area contributed by atoms with Gasteiger partial charge in [-0.15, -0.1) is 0 Å². The largest absolute Gasteiger partial charge is 0.480 e. The third-order valence-electron chi connectivity index (χ3n) is 2.88. The van der Waals surface area contributed by atoms with Crippen LogP contribution >= 0.6 is 21.6 Å². The molecule has 0 heterocycles. The highest BCUT2D eigenvalue weighted by atomic mass is 33.1. The second-order valence-electron chi connectivity index (χ2n) is 6.82. The Hall–Kier alpha value is -1.46. The van der Waals surface area contributed by atoms with Crippen LogP contribution in [0.5, 0.6) is 0 Å². The molecule has 0 aliphatic carbocycles. The Bertz CT molecular complexity index is 510. The van der Waals surface area contributed by atoms with Crippen LogP contribution in [0.15, 0.2) is 0 Å². The van der Waals surface area contributed by atoms with E-state index in [0.717, 1.165) is 5.75 Å². The van der Waals surface area contributed by atoms with E-state index >= 15 is 0 Å². The summed E-state index contributed by atoms with van der Waals surface area (Å²) < 4.78 is 0. The first-order valence-electron chi connectivity index (χ1n) is 7.94. The summed E-state index contributed by atoms with van der Waals surface area (Å²) in [6, 6.07) is -2.07. The minimum absolute atomic E-state index is 0.0590. The van der Waals surface area contributed by atoms with E-state index in [1.807, 2.05) is 0 Å². The number of hydrogen-bond acceptors (Lipinski definition) is 7. The standard InChI is InChI=1S/C15H27N3O6S2/c1-15(2,3)8-26-25-7-10(13(22)17-6-12(20)21)18-11(19)5-4-9(16)14(23)24/h9-10H,4-8,16H2,1-3H3,(H,17,22)(H,18,19)(H,20,21)(H,23,24)/t9-,10-/m0/s1. The first kappa shape index (κ1) is 24.5. The number of carbonyl (C=O) groups is 4. The van der Waals surface area contributed by atoms with Crippen LogP contribution in [0, 0.1) is 5.41 Å². The fraction of sp³-hybridized carbons (Fsp3) is 0.733. The molecule has 9 nitrogen and oxygen atoms in total. The van der Waals surface area contributed by atoms with Gasteiger partial charge in [0.25, 0.3) is 0 Å². The van der Waals surface area contributed by atoms with E-state index in [2.05, 4.69) is 31.4 Å². The highest BCUT2D eigenvalue weighted by molar-refractivity contribution is 8.76. The Kier molecular flexibility index (Phi) is 11.3. The molecule has 0 saturated heterocycles. The maximum absolute atomic E-state index is 12.1. The molecule has 150 valence electrons. The highest BCUT2D eigenvalue weighted by Gasteiger charge is 2.23. The van der Waals surface area contributed by atoms with E-state index < -0.39 is 42.4 Å². The number of carbonyl (C=O) groups excluding carboxylic acids is 2. The van der Waals surface area contributed by atoms with E-state index in [1.54, 1.807) is 10.8 Å². The van der Waals surface area contributed by atoms with Crippen LogP contribution in [-0.2, 0) is 19.2 Å². The molecule has 0 aromatic carbocycles. The average molecular weight is 410 g/mol. The van der Waals surface area contributed by atoms with Crippen LogP contribution in [-0.4, -0.2) is 64.1 Å². The van der Waals surface area contributed by atoms with Crippen molar-refractivity contribution in [3.63, 3.8) is 0 Å². The molecule has 0 radical (unpaired) electrons. The van der Waals surface area contributed by atoms with Crippen LogP contribution in [0.4, 0.5) is 0 Å². The number of hydrogen-bond donors (Lipinski definition) is 5. The second kappa shape index (κ2) is 12.0. The van der Waals surface area contributed by atoms with Crippen molar-refractivity contribution in [1.29, 1.82) is 0 Å². The van der Waals surface area contributed by atoms with Crippen LogP contribution in [0.25, 0.3) is 0 Å². The van der Waals surface area contributed by atoms with Crippen molar-refractivity contribution in [2.45, 2.75) is 45.7 Å². The molecule has 0 rings (SSSR count). The Labute approximate surface area is 160 Å². The number of nitrogens with two attached hydrogens (primary N) is 1. The molecule has 0 fully saturated rings. The molecule has 0 aliphatic heterocycles. The van der Waals surface area contributed by atoms with Crippen LogP contribution in [0.2, 0.25) is 0 Å². The summed E-state index contributed by atoms with van der Waals surface area (Å²) in [6.07, 6.45) is -0.202. The minimum atomic E-state index is -1.21. The zero-order valence-electron chi connectivity index (χ0n) is 15.1. The molecule has 0 aromatic rings. The van der Waals surface area contributed by atoms with E-state index in [-0.39, 0.29) is 24.0 Å². The van der Waals surface area contributed by atoms with Gasteiger partial charge >= 0.3 is 11.9 Å². The van der Waals surface area contributed by atoms with E-state index in [9.17, 15) is 19.2 Å². The van der Waals surface area contributed by atoms with Crippen molar-refractivity contribution in [2.24, 2.45) is 11.1 Å². The van der Waals surface area contributed by atoms with Gasteiger partial charge in [0.15, 0.2) is 0 Å². The molecule has 0 aromatic heterocycles. The van der Waals surface area contributed by atoms with Crippen molar-refractivity contribution in [1.82, 2.24) is 10.6 Å². The molecule has 0 unspecified atom stereocenters. The number of aliphatic carboxylic acids is 2. The Balaban J connectivity index is 4.60. The Morgan fingerprint density at radius 3 is 2.23 bits per heavy atom. The van der Waals surface area contributed by atoms with Gasteiger partial charge < -0.3 is 26.6 Å². The lowest BCUT2D eigenvalue weighted by Gasteiger charge is -2.20. The van der Waals surface area contributed by atoms with E-state index in [4.69, 9.17) is 15.9 Å². The summed E-state index contributed by atoms with van der Waals surface area (Å²) in [7, 11) is 2.95. The van der Waals surface area contributed by atoms with Gasteiger partial charge in [-0.2, -0.15) is 0 Å². The monoisotopic (exact) mass is 409 g/mol. The van der Waals surface area contributed by atoms with Gasteiger partial charge in [-0.25, -0.2) is 0 Å². The minimum Gasteiger partial charge on any atom is -0.480 e. The predicted octanol–water partition coefficient (Wildman–Crippen LogP) is 0.292. The molecule has 0 aliphatic rings. The average Bonchev–Trinajstić information content (AvgIpc) is 2.51. The number of rotatable bonds is 12. The molecule has 0 bridgehead atoms. The van der Waals surface area contributed by atoms with E-state index in [0.29, 0.717) is 0 Å². The molecule has 6 N–H and O–H groups in total. The number of amides is 2. The first-order valence-corrected chi connectivity index (χ1v) is 10.4. The summed E-state index contributed by atoms with van der Waals surface area (Å²) >= 11 is 0.